The van der Waals surface area contributed by atoms with Crippen LogP contribution in [0.4, 0.5) is 0 Å². The highest BCUT2D eigenvalue weighted by molar-refractivity contribution is 7.89. The van der Waals surface area contributed by atoms with E-state index in [1.165, 1.54) is 36.4 Å². The molecule has 7 nitrogen and oxygen atoms in total. The van der Waals surface area contributed by atoms with Gasteiger partial charge in [0.1, 0.15) is 5.75 Å². The van der Waals surface area contributed by atoms with E-state index in [0.717, 1.165) is 11.1 Å². The van der Waals surface area contributed by atoms with Crippen LogP contribution in [0.1, 0.15) is 36.6 Å². The van der Waals surface area contributed by atoms with Gasteiger partial charge in [-0.15, -0.1) is 0 Å². The Hall–Kier alpha value is -2.91. The Morgan fingerprint density at radius 3 is 2.11 bits per heavy atom. The minimum Gasteiger partial charge on any atom is -0.478 e. The zero-order chi connectivity index (χ0) is 26.8. The lowest BCUT2D eigenvalue weighted by Gasteiger charge is -2.39. The van der Waals surface area contributed by atoms with Gasteiger partial charge >= 0.3 is 5.97 Å². The molecule has 1 heterocycles. The van der Waals surface area contributed by atoms with Gasteiger partial charge in [0, 0.05) is 31.2 Å². The summed E-state index contributed by atoms with van der Waals surface area (Å²) in [6.45, 7) is 6.44. The van der Waals surface area contributed by atoms with Crippen molar-refractivity contribution in [3.05, 3.63) is 94.5 Å². The molecular weight excluding hydrogens is 512 g/mol. The van der Waals surface area contributed by atoms with Gasteiger partial charge in [0.2, 0.25) is 10.0 Å². The van der Waals surface area contributed by atoms with Crippen molar-refractivity contribution < 1.29 is 23.1 Å². The van der Waals surface area contributed by atoms with Gasteiger partial charge in [-0.3, -0.25) is 4.90 Å². The van der Waals surface area contributed by atoms with Gasteiger partial charge in [0.15, 0.2) is 5.60 Å². The molecule has 1 aliphatic rings. The molecular formula is C28H31ClN2O5S. The number of rotatable bonds is 8. The summed E-state index contributed by atoms with van der Waals surface area (Å²) in [5.74, 6) is -0.765. The zero-order valence-corrected chi connectivity index (χ0v) is 22.7. The van der Waals surface area contributed by atoms with Gasteiger partial charge < -0.3 is 9.84 Å². The number of carboxylic acid groups (broad SMARTS) is 1. The van der Waals surface area contributed by atoms with E-state index in [0.29, 0.717) is 42.5 Å². The van der Waals surface area contributed by atoms with Crippen LogP contribution in [0.2, 0.25) is 5.02 Å². The maximum atomic E-state index is 13.5. The molecule has 1 fully saturated rings. The van der Waals surface area contributed by atoms with Crippen molar-refractivity contribution in [2.45, 2.75) is 37.3 Å². The third kappa shape index (κ3) is 5.99. The number of nitrogens with zero attached hydrogens (tertiary/aromatic N) is 2. The fraction of sp³-hybridized carbons (Fsp3) is 0.321. The summed E-state index contributed by atoms with van der Waals surface area (Å²) < 4.78 is 34.0. The first-order valence-electron chi connectivity index (χ1n) is 12.1. The molecule has 4 rings (SSSR count). The smallest absolute Gasteiger partial charge is 0.347 e. The lowest BCUT2D eigenvalue weighted by molar-refractivity contribution is -0.152. The van der Waals surface area contributed by atoms with Crippen molar-refractivity contribution in [3.63, 3.8) is 0 Å². The zero-order valence-electron chi connectivity index (χ0n) is 21.1. The molecule has 3 aromatic carbocycles. The molecule has 1 N–H and O–H groups in total. The number of halogens is 1. The molecule has 1 unspecified atom stereocenters. The van der Waals surface area contributed by atoms with E-state index >= 15 is 0 Å². The van der Waals surface area contributed by atoms with Gasteiger partial charge in [0.05, 0.1) is 10.9 Å². The summed E-state index contributed by atoms with van der Waals surface area (Å²) in [6, 6.07) is 22.5. The molecule has 0 bridgehead atoms. The van der Waals surface area contributed by atoms with Crippen molar-refractivity contribution in [2.24, 2.45) is 0 Å². The lowest BCUT2D eigenvalue weighted by atomic mass is 9.96. The average Bonchev–Trinajstić information content (AvgIpc) is 2.87. The molecule has 0 radical (unpaired) electrons. The van der Waals surface area contributed by atoms with Crippen LogP contribution >= 0.6 is 11.6 Å². The van der Waals surface area contributed by atoms with Crippen LogP contribution < -0.4 is 4.74 Å². The monoisotopic (exact) mass is 542 g/mol. The first-order chi connectivity index (χ1) is 17.5. The molecule has 1 atom stereocenters. The first kappa shape index (κ1) is 27.1. The second-order valence-electron chi connectivity index (χ2n) is 9.65. The first-order valence-corrected chi connectivity index (χ1v) is 13.9. The SMILES string of the molecule is Cc1cc(S(=O)(=O)N2CCN(C(c3ccccc3)c3ccc(Cl)cc3)CC2)ccc1OC(C)(C)C(=O)O. The van der Waals surface area contributed by atoms with Crippen LogP contribution in [0.25, 0.3) is 0 Å². The van der Waals surface area contributed by atoms with E-state index in [9.17, 15) is 18.3 Å². The molecule has 9 heteroatoms. The second kappa shape index (κ2) is 10.8. The molecule has 1 saturated heterocycles. The Morgan fingerprint density at radius 1 is 0.946 bits per heavy atom. The van der Waals surface area contributed by atoms with Crippen LogP contribution in [-0.4, -0.2) is 60.5 Å². The number of aryl methyl sites for hydroxylation is 1. The molecule has 0 aliphatic carbocycles. The van der Waals surface area contributed by atoms with Gasteiger partial charge in [-0.25, -0.2) is 13.2 Å². The number of sulfonamides is 1. The molecule has 0 amide bonds. The maximum absolute atomic E-state index is 13.5. The van der Waals surface area contributed by atoms with E-state index in [4.69, 9.17) is 16.3 Å². The van der Waals surface area contributed by atoms with Crippen molar-refractivity contribution >= 4 is 27.6 Å². The quantitative estimate of drug-likeness (QED) is 0.432. The minimum absolute atomic E-state index is 0.0143. The Balaban J connectivity index is 1.52. The maximum Gasteiger partial charge on any atom is 0.347 e. The fourth-order valence-electron chi connectivity index (χ4n) is 4.46. The Bertz CT molecular complexity index is 1350. The number of ether oxygens (including phenoxy) is 1. The highest BCUT2D eigenvalue weighted by atomic mass is 35.5. The summed E-state index contributed by atoms with van der Waals surface area (Å²) in [5, 5.41) is 10.00. The molecule has 37 heavy (non-hydrogen) atoms. The number of aliphatic carboxylic acids is 1. The Morgan fingerprint density at radius 2 is 1.54 bits per heavy atom. The third-order valence-corrected chi connectivity index (χ3v) is 8.75. The number of carboxylic acids is 1. The van der Waals surface area contributed by atoms with E-state index < -0.39 is 21.6 Å². The van der Waals surface area contributed by atoms with Crippen molar-refractivity contribution in [3.8, 4) is 5.75 Å². The highest BCUT2D eigenvalue weighted by Crippen LogP contribution is 2.32. The predicted molar refractivity (Wildman–Crippen MR) is 144 cm³/mol. The van der Waals surface area contributed by atoms with E-state index in [1.54, 1.807) is 6.92 Å². The largest absolute Gasteiger partial charge is 0.478 e. The Labute approximate surface area is 223 Å². The van der Waals surface area contributed by atoms with Crippen molar-refractivity contribution in [2.75, 3.05) is 26.2 Å². The number of carbonyl (C=O) groups is 1. The third-order valence-electron chi connectivity index (χ3n) is 6.60. The molecule has 0 saturated carbocycles. The molecule has 0 spiro atoms. The van der Waals surface area contributed by atoms with Crippen LogP contribution in [0.15, 0.2) is 77.7 Å². The number of hydrogen-bond donors (Lipinski definition) is 1. The van der Waals surface area contributed by atoms with E-state index in [-0.39, 0.29) is 10.9 Å². The van der Waals surface area contributed by atoms with Gasteiger partial charge in [-0.1, -0.05) is 54.1 Å². The normalized spacial score (nSPS) is 16.3. The van der Waals surface area contributed by atoms with E-state index in [1.807, 2.05) is 42.5 Å². The summed E-state index contributed by atoms with van der Waals surface area (Å²) in [5.41, 5.74) is 1.36. The molecule has 0 aromatic heterocycles. The summed E-state index contributed by atoms with van der Waals surface area (Å²) in [6.07, 6.45) is 0. The van der Waals surface area contributed by atoms with Crippen LogP contribution in [0, 0.1) is 6.92 Å². The van der Waals surface area contributed by atoms with Crippen LogP contribution in [0.3, 0.4) is 0 Å². The predicted octanol–water partition coefficient (Wildman–Crippen LogP) is 4.99. The standard InChI is InChI=1S/C28H31ClN2O5S/c1-20-19-24(13-14-25(20)36-28(2,3)27(32)33)37(34,35)31-17-15-30(16-18-31)26(21-7-5-4-6-8-21)22-9-11-23(29)12-10-22/h4-14,19,26H,15-18H2,1-3H3,(H,32,33). The second-order valence-corrected chi connectivity index (χ2v) is 12.0. The van der Waals surface area contributed by atoms with Gasteiger partial charge in [-0.2, -0.15) is 4.31 Å². The summed E-state index contributed by atoms with van der Waals surface area (Å²) in [7, 11) is -3.73. The van der Waals surface area contributed by atoms with Crippen LogP contribution in [0.5, 0.6) is 5.75 Å². The fourth-order valence-corrected chi connectivity index (χ4v) is 6.09. The van der Waals surface area contributed by atoms with Gasteiger partial charge in [0.25, 0.3) is 0 Å². The molecule has 196 valence electrons. The lowest BCUT2D eigenvalue weighted by Crippen LogP contribution is -2.49. The summed E-state index contributed by atoms with van der Waals surface area (Å²) >= 11 is 6.12. The van der Waals surface area contributed by atoms with Crippen molar-refractivity contribution in [1.82, 2.24) is 9.21 Å². The number of hydrogen-bond acceptors (Lipinski definition) is 5. The van der Waals surface area contributed by atoms with Gasteiger partial charge in [-0.05, 0) is 67.8 Å². The topological polar surface area (TPSA) is 87.2 Å². The summed E-state index contributed by atoms with van der Waals surface area (Å²) in [4.78, 5) is 13.9. The molecule has 1 aliphatic heterocycles. The van der Waals surface area contributed by atoms with E-state index in [2.05, 4.69) is 17.0 Å². The van der Waals surface area contributed by atoms with Crippen molar-refractivity contribution in [1.29, 1.82) is 0 Å². The highest BCUT2D eigenvalue weighted by Gasteiger charge is 2.33. The minimum atomic E-state index is -3.73. The number of piperazine rings is 1. The molecule has 3 aromatic rings. The average molecular weight is 543 g/mol. The Kier molecular flexibility index (Phi) is 7.94. The van der Waals surface area contributed by atoms with Crippen LogP contribution in [-0.2, 0) is 14.8 Å². The number of benzene rings is 3.